The number of pyridine rings is 2. The van der Waals surface area contributed by atoms with Gasteiger partial charge in [0.25, 0.3) is 0 Å². The zero-order valence-electron chi connectivity index (χ0n) is 17.1. The first kappa shape index (κ1) is 18.8. The number of nitrogens with zero attached hydrogens (tertiary/aromatic N) is 5. The van der Waals surface area contributed by atoms with Crippen molar-refractivity contribution < 1.29 is 4.74 Å². The lowest BCUT2D eigenvalue weighted by Crippen LogP contribution is -2.23. The van der Waals surface area contributed by atoms with Gasteiger partial charge in [0.05, 0.1) is 31.2 Å². The molecule has 0 unspecified atom stereocenters. The first-order valence-corrected chi connectivity index (χ1v) is 9.77. The molecule has 31 heavy (non-hydrogen) atoms. The molecule has 1 N–H and O–H groups in total. The molecule has 154 valence electrons. The molecule has 5 rings (SSSR count). The third-order valence-electron chi connectivity index (χ3n) is 5.29. The van der Waals surface area contributed by atoms with Gasteiger partial charge in [-0.05, 0) is 41.5 Å². The second-order valence-corrected chi connectivity index (χ2v) is 7.30. The largest absolute Gasteiger partial charge is 0.497 e. The highest BCUT2D eigenvalue weighted by Crippen LogP contribution is 2.26. The highest BCUT2D eigenvalue weighted by molar-refractivity contribution is 5.81. The average Bonchev–Trinajstić information content (AvgIpc) is 3.39. The van der Waals surface area contributed by atoms with E-state index in [4.69, 9.17) is 4.74 Å². The number of aromatic nitrogens is 6. The monoisotopic (exact) mass is 412 g/mol. The van der Waals surface area contributed by atoms with E-state index in [1.807, 2.05) is 48.7 Å². The molecule has 0 saturated heterocycles. The van der Waals surface area contributed by atoms with Crippen LogP contribution in [0.4, 0.5) is 0 Å². The summed E-state index contributed by atoms with van der Waals surface area (Å²) in [6.45, 7) is 0.438. The summed E-state index contributed by atoms with van der Waals surface area (Å²) < 4.78 is 8.53. The Balaban J connectivity index is 1.55. The van der Waals surface area contributed by atoms with Gasteiger partial charge in [-0.3, -0.25) is 14.6 Å². The smallest absolute Gasteiger partial charge is 0.328 e. The predicted octanol–water partition coefficient (Wildman–Crippen LogP) is 3.24. The number of aryl methyl sites for hydroxylation is 1. The number of hydrogen-bond donors (Lipinski definition) is 1. The van der Waals surface area contributed by atoms with Crippen LogP contribution in [-0.4, -0.2) is 36.4 Å². The van der Waals surface area contributed by atoms with Gasteiger partial charge in [0, 0.05) is 36.6 Å². The van der Waals surface area contributed by atoms with E-state index in [-0.39, 0.29) is 5.69 Å². The molecule has 1 aromatic carbocycles. The van der Waals surface area contributed by atoms with Gasteiger partial charge in [0.2, 0.25) is 0 Å². The normalized spacial score (nSPS) is 11.2. The zero-order valence-corrected chi connectivity index (χ0v) is 17.1. The molecule has 0 saturated carbocycles. The minimum atomic E-state index is -0.0977. The molecule has 0 bridgehead atoms. The van der Waals surface area contributed by atoms with Crippen molar-refractivity contribution in [1.29, 1.82) is 0 Å². The highest BCUT2D eigenvalue weighted by Gasteiger charge is 2.14. The standard InChI is InChI=1S/C23H20N6O2/c1-28-14-21(29(23(28)30)13-15-3-5-19(31-2)6-4-15)20-10-16(7-8-24-20)17-9-18-12-26-27-22(18)25-11-17/h3-12,14H,13H2,1-2H3,(H,25,26,27). The summed E-state index contributed by atoms with van der Waals surface area (Å²) in [5.41, 5.74) is 5.04. The Hall–Kier alpha value is -4.20. The molecule has 0 aliphatic carbocycles. The third kappa shape index (κ3) is 3.48. The molecule has 0 atom stereocenters. The van der Waals surface area contributed by atoms with Crippen molar-refractivity contribution in [2.45, 2.75) is 6.54 Å². The molecule has 8 heteroatoms. The maximum Gasteiger partial charge on any atom is 0.328 e. The van der Waals surface area contributed by atoms with Crippen molar-refractivity contribution in [3.8, 4) is 28.3 Å². The lowest BCUT2D eigenvalue weighted by Gasteiger charge is -2.09. The zero-order chi connectivity index (χ0) is 21.4. The van der Waals surface area contributed by atoms with Crippen molar-refractivity contribution in [2.75, 3.05) is 7.11 Å². The summed E-state index contributed by atoms with van der Waals surface area (Å²) in [4.78, 5) is 21.8. The van der Waals surface area contributed by atoms with Gasteiger partial charge in [0.15, 0.2) is 5.65 Å². The predicted molar refractivity (Wildman–Crippen MR) is 118 cm³/mol. The minimum absolute atomic E-state index is 0.0977. The quantitative estimate of drug-likeness (QED) is 0.479. The molecular weight excluding hydrogens is 392 g/mol. The van der Waals surface area contributed by atoms with Crippen LogP contribution in [-0.2, 0) is 13.6 Å². The van der Waals surface area contributed by atoms with Crippen LogP contribution in [0.5, 0.6) is 5.75 Å². The van der Waals surface area contributed by atoms with E-state index in [9.17, 15) is 4.79 Å². The Morgan fingerprint density at radius 2 is 1.87 bits per heavy atom. The summed E-state index contributed by atoms with van der Waals surface area (Å²) in [5, 5.41) is 7.82. The molecule has 0 amide bonds. The molecule has 4 aromatic heterocycles. The fourth-order valence-corrected chi connectivity index (χ4v) is 3.62. The van der Waals surface area contributed by atoms with Gasteiger partial charge in [-0.2, -0.15) is 5.10 Å². The number of fused-ring (bicyclic) bond motifs is 1. The van der Waals surface area contributed by atoms with Gasteiger partial charge in [-0.1, -0.05) is 12.1 Å². The Labute approximate surface area is 177 Å². The number of nitrogens with one attached hydrogen (secondary N) is 1. The first-order chi connectivity index (χ1) is 15.1. The van der Waals surface area contributed by atoms with E-state index in [1.54, 1.807) is 41.9 Å². The SMILES string of the molecule is COc1ccc(Cn2c(-c3cc(-c4cnc5[nH]ncc5c4)ccn3)cn(C)c2=O)cc1. The highest BCUT2D eigenvalue weighted by atomic mass is 16.5. The van der Waals surface area contributed by atoms with Crippen LogP contribution in [0.15, 0.2) is 72.0 Å². The van der Waals surface area contributed by atoms with Crippen molar-refractivity contribution in [1.82, 2.24) is 29.3 Å². The molecule has 5 aromatic rings. The lowest BCUT2D eigenvalue weighted by molar-refractivity contribution is 0.414. The van der Waals surface area contributed by atoms with Gasteiger partial charge >= 0.3 is 5.69 Å². The summed E-state index contributed by atoms with van der Waals surface area (Å²) in [6, 6.07) is 13.6. The molecular formula is C23H20N6O2. The molecule has 4 heterocycles. The third-order valence-corrected chi connectivity index (χ3v) is 5.29. The number of H-pyrrole nitrogens is 1. The Kier molecular flexibility index (Phi) is 4.59. The van der Waals surface area contributed by atoms with Gasteiger partial charge in [-0.15, -0.1) is 0 Å². The molecule has 0 spiro atoms. The Bertz CT molecular complexity index is 1430. The number of rotatable bonds is 5. The fourth-order valence-electron chi connectivity index (χ4n) is 3.62. The van der Waals surface area contributed by atoms with Crippen molar-refractivity contribution in [3.63, 3.8) is 0 Å². The van der Waals surface area contributed by atoms with E-state index in [0.29, 0.717) is 6.54 Å². The topological polar surface area (TPSA) is 90.6 Å². The number of benzene rings is 1. The summed E-state index contributed by atoms with van der Waals surface area (Å²) in [7, 11) is 3.38. The van der Waals surface area contributed by atoms with E-state index in [0.717, 1.165) is 44.9 Å². The van der Waals surface area contributed by atoms with Crippen LogP contribution in [0.2, 0.25) is 0 Å². The van der Waals surface area contributed by atoms with Crippen LogP contribution in [0, 0.1) is 0 Å². The van der Waals surface area contributed by atoms with E-state index in [1.165, 1.54) is 0 Å². The lowest BCUT2D eigenvalue weighted by atomic mass is 10.1. The van der Waals surface area contributed by atoms with Crippen LogP contribution < -0.4 is 10.4 Å². The van der Waals surface area contributed by atoms with Crippen molar-refractivity contribution in [3.05, 3.63) is 83.3 Å². The summed E-state index contributed by atoms with van der Waals surface area (Å²) >= 11 is 0. The Morgan fingerprint density at radius 1 is 1.03 bits per heavy atom. The van der Waals surface area contributed by atoms with Gasteiger partial charge < -0.3 is 9.30 Å². The Morgan fingerprint density at radius 3 is 2.68 bits per heavy atom. The van der Waals surface area contributed by atoms with Crippen molar-refractivity contribution in [2.24, 2.45) is 7.05 Å². The number of hydrogen-bond acceptors (Lipinski definition) is 5. The number of methoxy groups -OCH3 is 1. The van der Waals surface area contributed by atoms with Crippen LogP contribution >= 0.6 is 0 Å². The maximum absolute atomic E-state index is 12.8. The molecule has 8 nitrogen and oxygen atoms in total. The summed E-state index contributed by atoms with van der Waals surface area (Å²) in [6.07, 6.45) is 7.11. The molecule has 0 radical (unpaired) electrons. The van der Waals surface area contributed by atoms with E-state index in [2.05, 4.69) is 20.2 Å². The van der Waals surface area contributed by atoms with Gasteiger partial charge in [-0.25, -0.2) is 9.78 Å². The number of aromatic amines is 1. The fraction of sp³-hybridized carbons (Fsp3) is 0.130. The maximum atomic E-state index is 12.8. The number of ether oxygens (including phenoxy) is 1. The number of imidazole rings is 1. The molecule has 0 fully saturated rings. The van der Waals surface area contributed by atoms with Crippen molar-refractivity contribution >= 4 is 11.0 Å². The van der Waals surface area contributed by atoms with Crippen LogP contribution in [0.3, 0.4) is 0 Å². The summed E-state index contributed by atoms with van der Waals surface area (Å²) in [5.74, 6) is 0.780. The second kappa shape index (κ2) is 7.56. The van der Waals surface area contributed by atoms with Crippen LogP contribution in [0.1, 0.15) is 5.56 Å². The van der Waals surface area contributed by atoms with E-state index < -0.39 is 0 Å². The van der Waals surface area contributed by atoms with E-state index >= 15 is 0 Å². The second-order valence-electron chi connectivity index (χ2n) is 7.30. The van der Waals surface area contributed by atoms with Crippen LogP contribution in [0.25, 0.3) is 33.5 Å². The van der Waals surface area contributed by atoms with Gasteiger partial charge in [0.1, 0.15) is 5.75 Å². The first-order valence-electron chi connectivity index (χ1n) is 9.77. The average molecular weight is 412 g/mol. The molecule has 0 aliphatic rings. The molecule has 0 aliphatic heterocycles. The minimum Gasteiger partial charge on any atom is -0.497 e.